The average molecular weight is 573 g/mol. The van der Waals surface area contributed by atoms with Crippen LogP contribution in [0.5, 0.6) is 0 Å². The Morgan fingerprint density at radius 1 is 0.816 bits per heavy atom. The summed E-state index contributed by atoms with van der Waals surface area (Å²) in [6.45, 7) is 2.79. The van der Waals surface area contributed by atoms with Crippen molar-refractivity contribution in [2.24, 2.45) is 11.8 Å². The molecule has 1 saturated heterocycles. The molecule has 1 heterocycles. The van der Waals surface area contributed by atoms with Crippen LogP contribution in [-0.2, 0) is 23.9 Å². The largest absolute Gasteiger partial charge is 0.454 e. The Morgan fingerprint density at radius 2 is 1.32 bits per heavy atom. The maximum Gasteiger partial charge on any atom is 0.326 e. The highest BCUT2D eigenvalue weighted by Crippen LogP contribution is 2.60. The van der Waals surface area contributed by atoms with E-state index in [0.29, 0.717) is 5.69 Å². The molecular weight excluding hydrogens is 548 g/mol. The van der Waals surface area contributed by atoms with Crippen molar-refractivity contribution >= 4 is 45.3 Å². The summed E-state index contributed by atoms with van der Waals surface area (Å²) in [6.07, 6.45) is 0. The van der Waals surface area contributed by atoms with Crippen LogP contribution >= 0.6 is 15.9 Å². The molecule has 7 nitrogen and oxygen atoms in total. The molecule has 3 amide bonds. The van der Waals surface area contributed by atoms with Crippen LogP contribution < -0.4 is 5.32 Å². The van der Waals surface area contributed by atoms with E-state index in [1.165, 1.54) is 0 Å². The SMILES string of the molecule is Cc1c(Br)ccc(NC(=O)COC(=O)CN2C(=O)[C@@H]3C4c5ccccc5C(c5ccccc54)[C@@H]3C2=O)c1C. The van der Waals surface area contributed by atoms with Gasteiger partial charge in [0.05, 0.1) is 11.8 Å². The molecule has 2 bridgehead atoms. The summed E-state index contributed by atoms with van der Waals surface area (Å²) in [5.74, 6) is -3.61. The van der Waals surface area contributed by atoms with Gasteiger partial charge in [0.15, 0.2) is 6.61 Å². The number of carbonyl (C=O) groups excluding carboxylic acids is 4. The van der Waals surface area contributed by atoms with E-state index < -0.39 is 36.9 Å². The molecule has 0 aromatic heterocycles. The van der Waals surface area contributed by atoms with Crippen LogP contribution in [0.25, 0.3) is 0 Å². The van der Waals surface area contributed by atoms with Crippen molar-refractivity contribution in [3.63, 3.8) is 0 Å². The van der Waals surface area contributed by atoms with E-state index in [1.54, 1.807) is 6.07 Å². The molecule has 0 unspecified atom stereocenters. The maximum atomic E-state index is 13.6. The van der Waals surface area contributed by atoms with Gasteiger partial charge < -0.3 is 10.1 Å². The van der Waals surface area contributed by atoms with Gasteiger partial charge in [-0.2, -0.15) is 0 Å². The first-order valence-corrected chi connectivity index (χ1v) is 13.3. The van der Waals surface area contributed by atoms with E-state index in [1.807, 2.05) is 68.4 Å². The first-order chi connectivity index (χ1) is 18.3. The summed E-state index contributed by atoms with van der Waals surface area (Å²) in [4.78, 5) is 53.3. The molecule has 1 aliphatic heterocycles. The Bertz CT molecular complexity index is 1420. The van der Waals surface area contributed by atoms with Crippen LogP contribution in [0.15, 0.2) is 65.1 Å². The minimum atomic E-state index is -0.799. The molecule has 0 saturated carbocycles. The zero-order valence-corrected chi connectivity index (χ0v) is 22.4. The summed E-state index contributed by atoms with van der Waals surface area (Å²) in [6, 6.07) is 19.5. The summed E-state index contributed by atoms with van der Waals surface area (Å²) in [5, 5.41) is 2.74. The van der Waals surface area contributed by atoms with Crippen molar-refractivity contribution in [2.75, 3.05) is 18.5 Å². The van der Waals surface area contributed by atoms with Crippen molar-refractivity contribution in [3.8, 4) is 0 Å². The van der Waals surface area contributed by atoms with E-state index in [0.717, 1.165) is 42.8 Å². The monoisotopic (exact) mass is 572 g/mol. The highest BCUT2D eigenvalue weighted by atomic mass is 79.9. The summed E-state index contributed by atoms with van der Waals surface area (Å²) in [7, 11) is 0. The Hall–Kier alpha value is -3.78. The lowest BCUT2D eigenvalue weighted by Gasteiger charge is -2.45. The lowest BCUT2D eigenvalue weighted by atomic mass is 9.55. The van der Waals surface area contributed by atoms with Crippen molar-refractivity contribution in [1.82, 2.24) is 4.90 Å². The number of likely N-dealkylation sites (tertiary alicyclic amines) is 1. The number of rotatable bonds is 5. The van der Waals surface area contributed by atoms with E-state index in [2.05, 4.69) is 21.2 Å². The third kappa shape index (κ3) is 3.69. The Morgan fingerprint density at radius 3 is 1.82 bits per heavy atom. The molecule has 0 spiro atoms. The van der Waals surface area contributed by atoms with Gasteiger partial charge in [-0.1, -0.05) is 64.5 Å². The molecule has 3 aromatic carbocycles. The molecule has 7 rings (SSSR count). The van der Waals surface area contributed by atoms with Crippen LogP contribution in [0.2, 0.25) is 0 Å². The summed E-state index contributed by atoms with van der Waals surface area (Å²) in [5.41, 5.74) is 6.78. The minimum absolute atomic E-state index is 0.238. The molecule has 192 valence electrons. The van der Waals surface area contributed by atoms with Gasteiger partial charge in [0.2, 0.25) is 11.8 Å². The van der Waals surface area contributed by atoms with E-state index in [9.17, 15) is 19.2 Å². The molecule has 3 aromatic rings. The second kappa shape index (κ2) is 9.20. The third-order valence-electron chi connectivity index (χ3n) is 8.19. The second-order valence-corrected chi connectivity index (χ2v) is 10.9. The van der Waals surface area contributed by atoms with Gasteiger partial charge in [-0.3, -0.25) is 24.1 Å². The number of anilines is 1. The number of carbonyl (C=O) groups is 4. The average Bonchev–Trinajstić information content (AvgIpc) is 3.17. The van der Waals surface area contributed by atoms with E-state index >= 15 is 0 Å². The zero-order valence-electron chi connectivity index (χ0n) is 20.9. The molecule has 1 N–H and O–H groups in total. The lowest BCUT2D eigenvalue weighted by molar-refractivity contribution is -0.154. The maximum absolute atomic E-state index is 13.6. The number of benzene rings is 3. The normalized spacial score (nSPS) is 22.6. The van der Waals surface area contributed by atoms with E-state index in [-0.39, 0.29) is 23.7 Å². The topological polar surface area (TPSA) is 92.8 Å². The molecule has 1 fully saturated rings. The quantitative estimate of drug-likeness (QED) is 0.360. The Kier molecular flexibility index (Phi) is 5.94. The molecule has 38 heavy (non-hydrogen) atoms. The Labute approximate surface area is 228 Å². The van der Waals surface area contributed by atoms with Crippen molar-refractivity contribution < 1.29 is 23.9 Å². The zero-order chi connectivity index (χ0) is 26.7. The highest BCUT2D eigenvalue weighted by Gasteiger charge is 2.61. The molecular formula is C30H25BrN2O5. The number of hydrogen-bond acceptors (Lipinski definition) is 5. The first-order valence-electron chi connectivity index (χ1n) is 12.5. The van der Waals surface area contributed by atoms with Gasteiger partial charge in [-0.15, -0.1) is 0 Å². The number of nitrogens with zero attached hydrogens (tertiary/aromatic N) is 1. The number of halogens is 1. The van der Waals surface area contributed by atoms with Crippen molar-refractivity contribution in [2.45, 2.75) is 25.7 Å². The Balaban J connectivity index is 1.17. The van der Waals surface area contributed by atoms with Gasteiger partial charge in [-0.25, -0.2) is 0 Å². The summed E-state index contributed by atoms with van der Waals surface area (Å²) < 4.78 is 6.10. The van der Waals surface area contributed by atoms with Gasteiger partial charge in [0, 0.05) is 22.0 Å². The third-order valence-corrected chi connectivity index (χ3v) is 9.05. The first kappa shape index (κ1) is 24.6. The van der Waals surface area contributed by atoms with Gasteiger partial charge >= 0.3 is 5.97 Å². The minimum Gasteiger partial charge on any atom is -0.454 e. The van der Waals surface area contributed by atoms with Crippen LogP contribution in [0.1, 0.15) is 45.2 Å². The molecule has 0 radical (unpaired) electrons. The van der Waals surface area contributed by atoms with Crippen molar-refractivity contribution in [1.29, 1.82) is 0 Å². The summed E-state index contributed by atoms with van der Waals surface area (Å²) >= 11 is 3.46. The molecule has 4 aliphatic rings. The predicted molar refractivity (Wildman–Crippen MR) is 143 cm³/mol. The molecule has 8 heteroatoms. The van der Waals surface area contributed by atoms with Gasteiger partial charge in [0.1, 0.15) is 6.54 Å². The van der Waals surface area contributed by atoms with Crippen LogP contribution in [-0.4, -0.2) is 41.7 Å². The number of nitrogens with one attached hydrogen (secondary N) is 1. The van der Waals surface area contributed by atoms with Crippen molar-refractivity contribution in [3.05, 3.63) is 98.5 Å². The number of imide groups is 1. The molecule has 3 aliphatic carbocycles. The van der Waals surface area contributed by atoms with Gasteiger partial charge in [-0.05, 0) is 59.4 Å². The fourth-order valence-corrected chi connectivity index (χ4v) is 6.75. The van der Waals surface area contributed by atoms with Crippen LogP contribution in [0.3, 0.4) is 0 Å². The number of esters is 1. The molecule has 2 atom stereocenters. The highest BCUT2D eigenvalue weighted by molar-refractivity contribution is 9.10. The van der Waals surface area contributed by atoms with Crippen LogP contribution in [0.4, 0.5) is 5.69 Å². The lowest BCUT2D eigenvalue weighted by Crippen LogP contribution is -2.41. The fourth-order valence-electron chi connectivity index (χ4n) is 6.33. The number of ether oxygens (including phenoxy) is 1. The number of hydrogen-bond donors (Lipinski definition) is 1. The van der Waals surface area contributed by atoms with E-state index in [4.69, 9.17) is 4.74 Å². The predicted octanol–water partition coefficient (Wildman–Crippen LogP) is 4.44. The second-order valence-electron chi connectivity index (χ2n) is 10.1. The van der Waals surface area contributed by atoms with Gasteiger partial charge in [0.25, 0.3) is 5.91 Å². The fraction of sp³-hybridized carbons (Fsp3) is 0.267. The van der Waals surface area contributed by atoms with Crippen LogP contribution in [0, 0.1) is 25.7 Å². The number of amides is 3. The standard InChI is InChI=1S/C30H25BrN2O5/c1-15-16(2)22(12-11-21(15)31)32-23(34)14-38-24(35)13-33-29(36)27-25-17-7-3-4-8-18(17)26(28(27)30(33)37)20-10-6-5-9-19(20)25/h3-12,25-28H,13-14H2,1-2H3,(H,32,34)/t25?,26?,27-,28+. The smallest absolute Gasteiger partial charge is 0.326 e.